The molecule has 8 heteroatoms. The van der Waals surface area contributed by atoms with E-state index in [0.29, 0.717) is 0 Å². The first-order chi connectivity index (χ1) is 9.06. The molecule has 1 aromatic rings. The van der Waals surface area contributed by atoms with Gasteiger partial charge in [0.1, 0.15) is 5.25 Å². The number of carboxylic acids is 1. The van der Waals surface area contributed by atoms with E-state index in [9.17, 15) is 9.59 Å². The van der Waals surface area contributed by atoms with Crippen LogP contribution in [0.15, 0.2) is 27.7 Å². The van der Waals surface area contributed by atoms with E-state index in [1.54, 1.807) is 6.92 Å². The van der Waals surface area contributed by atoms with Crippen molar-refractivity contribution in [2.75, 3.05) is 0 Å². The van der Waals surface area contributed by atoms with E-state index in [1.165, 1.54) is 11.3 Å². The highest BCUT2D eigenvalue weighted by Crippen LogP contribution is 2.21. The van der Waals surface area contributed by atoms with E-state index in [1.807, 2.05) is 17.5 Å². The average Bonchev–Trinajstić information content (AvgIpc) is 2.89. The van der Waals surface area contributed by atoms with Crippen molar-refractivity contribution >= 4 is 45.9 Å². The summed E-state index contributed by atoms with van der Waals surface area (Å²) in [7, 11) is 0. The van der Waals surface area contributed by atoms with Crippen LogP contribution in [0.5, 0.6) is 0 Å². The van der Waals surface area contributed by atoms with Crippen LogP contribution in [0.1, 0.15) is 18.2 Å². The summed E-state index contributed by atoms with van der Waals surface area (Å²) in [5.74, 6) is -1.37. The monoisotopic (exact) mass is 297 g/mol. The predicted molar refractivity (Wildman–Crippen MR) is 75.7 cm³/mol. The molecule has 1 fully saturated rings. The third kappa shape index (κ3) is 3.65. The van der Waals surface area contributed by atoms with Crippen LogP contribution in [-0.2, 0) is 9.59 Å². The zero-order valence-corrected chi connectivity index (χ0v) is 11.6. The number of carbonyl (C=O) groups excluding carboxylic acids is 1. The molecule has 0 bridgehead atoms. The molecule has 1 aliphatic heterocycles. The van der Waals surface area contributed by atoms with Gasteiger partial charge in [0, 0.05) is 6.42 Å². The molecule has 0 aromatic carbocycles. The molecule has 1 atom stereocenters. The van der Waals surface area contributed by atoms with Crippen LogP contribution in [0.25, 0.3) is 0 Å². The second-order valence-corrected chi connectivity index (χ2v) is 5.90. The Balaban J connectivity index is 2.12. The molecule has 1 amide bonds. The van der Waals surface area contributed by atoms with Crippen LogP contribution < -0.4 is 5.32 Å². The lowest BCUT2D eigenvalue weighted by Crippen LogP contribution is -2.40. The Hall–Kier alpha value is -1.67. The van der Waals surface area contributed by atoms with Gasteiger partial charge in [-0.2, -0.15) is 5.10 Å². The molecule has 2 rings (SSSR count). The minimum Gasteiger partial charge on any atom is -0.480 e. The highest BCUT2D eigenvalue weighted by molar-refractivity contribution is 8.15. The number of carboxylic acid groups (broad SMARTS) is 1. The molecular weight excluding hydrogens is 286 g/mol. The first-order valence-electron chi connectivity index (χ1n) is 5.41. The van der Waals surface area contributed by atoms with Crippen LogP contribution in [0.3, 0.4) is 0 Å². The average molecular weight is 297 g/mol. The molecule has 1 aliphatic rings. The largest absolute Gasteiger partial charge is 0.480 e. The lowest BCUT2D eigenvalue weighted by atomic mass is 10.3. The van der Waals surface area contributed by atoms with Crippen molar-refractivity contribution in [3.05, 3.63) is 22.4 Å². The first-order valence-corrected chi connectivity index (χ1v) is 7.17. The van der Waals surface area contributed by atoms with Gasteiger partial charge in [0.25, 0.3) is 0 Å². The van der Waals surface area contributed by atoms with Gasteiger partial charge in [-0.3, -0.25) is 9.59 Å². The highest BCUT2D eigenvalue weighted by Gasteiger charge is 2.29. The Morgan fingerprint density at radius 3 is 3.00 bits per heavy atom. The maximum absolute atomic E-state index is 11.3. The van der Waals surface area contributed by atoms with Gasteiger partial charge in [-0.25, -0.2) is 0 Å². The Morgan fingerprint density at radius 2 is 2.37 bits per heavy atom. The predicted octanol–water partition coefficient (Wildman–Crippen LogP) is 1.53. The van der Waals surface area contributed by atoms with Gasteiger partial charge in [0.2, 0.25) is 5.91 Å². The maximum atomic E-state index is 11.3. The summed E-state index contributed by atoms with van der Waals surface area (Å²) in [4.78, 5) is 23.2. The molecule has 1 saturated heterocycles. The van der Waals surface area contributed by atoms with Crippen LogP contribution in [-0.4, -0.2) is 33.1 Å². The highest BCUT2D eigenvalue weighted by atomic mass is 32.2. The zero-order chi connectivity index (χ0) is 13.8. The number of nitrogens with one attached hydrogen (secondary N) is 1. The van der Waals surface area contributed by atoms with Crippen LogP contribution in [0.2, 0.25) is 0 Å². The maximum Gasteiger partial charge on any atom is 0.317 e. The van der Waals surface area contributed by atoms with Crippen molar-refractivity contribution in [3.63, 3.8) is 0 Å². The van der Waals surface area contributed by atoms with Gasteiger partial charge in [0.15, 0.2) is 5.17 Å². The molecule has 2 N–H and O–H groups in total. The number of carbonyl (C=O) groups is 2. The van der Waals surface area contributed by atoms with Crippen molar-refractivity contribution in [3.8, 4) is 0 Å². The first kappa shape index (κ1) is 13.8. The van der Waals surface area contributed by atoms with Gasteiger partial charge in [0.05, 0.1) is 10.6 Å². The van der Waals surface area contributed by atoms with E-state index in [-0.39, 0.29) is 17.5 Å². The fraction of sp³-hybridized carbons (Fsp3) is 0.273. The summed E-state index contributed by atoms with van der Waals surface area (Å²) in [5.41, 5.74) is 0.717. The topological polar surface area (TPSA) is 91.1 Å². The van der Waals surface area contributed by atoms with Crippen molar-refractivity contribution in [1.29, 1.82) is 0 Å². The number of amides is 1. The molecule has 0 aliphatic carbocycles. The van der Waals surface area contributed by atoms with Gasteiger partial charge in [-0.15, -0.1) is 16.4 Å². The van der Waals surface area contributed by atoms with E-state index in [4.69, 9.17) is 5.11 Å². The molecular formula is C11H11N3O3S2. The number of rotatable bonds is 3. The fourth-order valence-electron chi connectivity index (χ4n) is 1.38. The number of hydrogen-bond donors (Lipinski definition) is 2. The van der Waals surface area contributed by atoms with Gasteiger partial charge < -0.3 is 10.4 Å². The van der Waals surface area contributed by atoms with Crippen molar-refractivity contribution in [2.24, 2.45) is 10.2 Å². The molecule has 100 valence electrons. The van der Waals surface area contributed by atoms with E-state index >= 15 is 0 Å². The summed E-state index contributed by atoms with van der Waals surface area (Å²) in [6.45, 7) is 1.81. The van der Waals surface area contributed by atoms with Crippen LogP contribution in [0.4, 0.5) is 0 Å². The lowest BCUT2D eigenvalue weighted by Gasteiger charge is -2.18. The van der Waals surface area contributed by atoms with Crippen LogP contribution >= 0.6 is 23.1 Å². The number of hydrogen-bond acceptors (Lipinski definition) is 6. The molecule has 0 saturated carbocycles. The van der Waals surface area contributed by atoms with Crippen molar-refractivity contribution in [1.82, 2.24) is 5.32 Å². The standard InChI is InChI=1S/C11H11N3O3S2/c1-6(7-3-2-4-18-7)13-14-11-12-9(15)5-8(19-11)10(16)17/h2-4,8H,5H2,1H3,(H,16,17)(H,12,14,15)/b13-6+/t8-/m0/s1. The minimum atomic E-state index is -1.02. The van der Waals surface area contributed by atoms with Crippen molar-refractivity contribution < 1.29 is 14.7 Å². The smallest absolute Gasteiger partial charge is 0.317 e. The Bertz CT molecular complexity index is 552. The second-order valence-electron chi connectivity index (χ2n) is 3.76. The fourth-order valence-corrected chi connectivity index (χ4v) is 2.92. The number of aliphatic carboxylic acids is 1. The molecule has 1 aromatic heterocycles. The zero-order valence-electron chi connectivity index (χ0n) is 9.99. The minimum absolute atomic E-state index is 0.0490. The summed E-state index contributed by atoms with van der Waals surface area (Å²) in [5, 5.41) is 20.7. The molecule has 0 radical (unpaired) electrons. The van der Waals surface area contributed by atoms with Gasteiger partial charge >= 0.3 is 5.97 Å². The van der Waals surface area contributed by atoms with E-state index in [2.05, 4.69) is 15.5 Å². The van der Waals surface area contributed by atoms with Crippen LogP contribution in [0, 0.1) is 0 Å². The Labute approximate surface area is 117 Å². The summed E-state index contributed by atoms with van der Waals surface area (Å²) in [6, 6.07) is 3.82. The second kappa shape index (κ2) is 5.98. The number of thiophene rings is 1. The number of thioether (sulfide) groups is 1. The van der Waals surface area contributed by atoms with Gasteiger partial charge in [-0.05, 0) is 18.4 Å². The normalized spacial score (nSPS) is 22.4. The summed E-state index contributed by atoms with van der Waals surface area (Å²) >= 11 is 2.53. The quantitative estimate of drug-likeness (QED) is 0.654. The molecule has 6 nitrogen and oxygen atoms in total. The third-order valence-electron chi connectivity index (χ3n) is 2.32. The molecule has 0 spiro atoms. The summed E-state index contributed by atoms with van der Waals surface area (Å²) in [6.07, 6.45) is -0.0490. The lowest BCUT2D eigenvalue weighted by molar-refractivity contribution is -0.138. The molecule has 2 heterocycles. The van der Waals surface area contributed by atoms with E-state index < -0.39 is 11.2 Å². The summed E-state index contributed by atoms with van der Waals surface area (Å²) < 4.78 is 0. The SMILES string of the molecule is C/C(=N\N=C1/NC(=O)C[C@@H](C(=O)O)S1)c1cccs1. The van der Waals surface area contributed by atoms with E-state index in [0.717, 1.165) is 22.4 Å². The number of nitrogens with zero attached hydrogens (tertiary/aromatic N) is 2. The third-order valence-corrected chi connectivity index (χ3v) is 4.35. The Kier molecular flexibility index (Phi) is 4.33. The Morgan fingerprint density at radius 1 is 1.58 bits per heavy atom. The number of amidine groups is 1. The molecule has 19 heavy (non-hydrogen) atoms. The van der Waals surface area contributed by atoms with Gasteiger partial charge in [-0.1, -0.05) is 17.8 Å². The van der Waals surface area contributed by atoms with Crippen molar-refractivity contribution in [2.45, 2.75) is 18.6 Å². The molecule has 0 unspecified atom stereocenters.